The van der Waals surface area contributed by atoms with E-state index in [1.54, 1.807) is 0 Å². The average Bonchev–Trinajstić information content (AvgIpc) is 2.84. The summed E-state index contributed by atoms with van der Waals surface area (Å²) in [6.45, 7) is 1.59. The van der Waals surface area contributed by atoms with Crippen molar-refractivity contribution in [2.24, 2.45) is 0 Å². The van der Waals surface area contributed by atoms with Gasteiger partial charge in [0.2, 0.25) is 5.91 Å². The maximum atomic E-state index is 11.9. The van der Waals surface area contributed by atoms with Gasteiger partial charge in [-0.2, -0.15) is 0 Å². The van der Waals surface area contributed by atoms with Crippen molar-refractivity contribution in [3.8, 4) is 0 Å². The summed E-state index contributed by atoms with van der Waals surface area (Å²) in [6, 6.07) is 7.65. The number of nitrogens with one attached hydrogen (secondary N) is 2. The second kappa shape index (κ2) is 7.05. The molecule has 0 aromatic heterocycles. The Morgan fingerprint density at radius 1 is 1.19 bits per heavy atom. The minimum atomic E-state index is -0.212. The fourth-order valence-electron chi connectivity index (χ4n) is 3.21. The summed E-state index contributed by atoms with van der Waals surface area (Å²) in [7, 11) is 0. The summed E-state index contributed by atoms with van der Waals surface area (Å²) < 4.78 is 5.90. The molecule has 114 valence electrons. The number of benzene rings is 1. The first-order chi connectivity index (χ1) is 10.3. The van der Waals surface area contributed by atoms with E-state index in [-0.39, 0.29) is 11.9 Å². The number of amides is 1. The van der Waals surface area contributed by atoms with Gasteiger partial charge in [0, 0.05) is 17.9 Å². The van der Waals surface area contributed by atoms with Gasteiger partial charge >= 0.3 is 0 Å². The Bertz CT molecular complexity index is 483. The molecular weight excluding hydrogens is 264 g/mol. The van der Waals surface area contributed by atoms with Crippen molar-refractivity contribution >= 4 is 11.6 Å². The quantitative estimate of drug-likeness (QED) is 0.791. The maximum Gasteiger partial charge on any atom is 0.246 e. The zero-order valence-corrected chi connectivity index (χ0v) is 12.4. The van der Waals surface area contributed by atoms with E-state index in [2.05, 4.69) is 10.6 Å². The number of hydrogen-bond donors (Lipinski definition) is 2. The third kappa shape index (κ3) is 3.63. The fourth-order valence-corrected chi connectivity index (χ4v) is 3.21. The number of ether oxygens (including phenoxy) is 1. The Hall–Kier alpha value is -1.39. The molecule has 1 unspecified atom stereocenters. The van der Waals surface area contributed by atoms with Gasteiger partial charge < -0.3 is 15.4 Å². The molecule has 1 atom stereocenters. The minimum Gasteiger partial charge on any atom is -0.378 e. The topological polar surface area (TPSA) is 50.4 Å². The normalized spacial score (nSPS) is 22.1. The summed E-state index contributed by atoms with van der Waals surface area (Å²) in [4.78, 5) is 11.9. The van der Waals surface area contributed by atoms with E-state index in [1.165, 1.54) is 32.1 Å². The van der Waals surface area contributed by atoms with Crippen LogP contribution < -0.4 is 10.6 Å². The van der Waals surface area contributed by atoms with Crippen molar-refractivity contribution in [2.75, 3.05) is 18.5 Å². The van der Waals surface area contributed by atoms with Crippen LogP contribution in [0.2, 0.25) is 0 Å². The van der Waals surface area contributed by atoms with Gasteiger partial charge in [-0.1, -0.05) is 37.5 Å². The first-order valence-corrected chi connectivity index (χ1v) is 8.09. The summed E-state index contributed by atoms with van der Waals surface area (Å²) >= 11 is 0. The van der Waals surface area contributed by atoms with Crippen molar-refractivity contribution in [3.05, 3.63) is 29.8 Å². The lowest BCUT2D eigenvalue weighted by Crippen LogP contribution is -2.29. The van der Waals surface area contributed by atoms with Crippen LogP contribution in [0.15, 0.2) is 24.3 Å². The van der Waals surface area contributed by atoms with Crippen molar-refractivity contribution in [1.29, 1.82) is 0 Å². The second-order valence-electron chi connectivity index (χ2n) is 5.95. The standard InChI is InChI=1S/C17H24N2O2/c20-17-16(14-9-4-5-10-15(14)19-17)18-11-6-12-21-13-7-2-1-3-8-13/h4-5,9-10,13,16,18H,1-3,6-8,11-12H2,(H,19,20). The number of carbonyl (C=O) groups excluding carboxylic acids is 1. The first kappa shape index (κ1) is 14.5. The van der Waals surface area contributed by atoms with Gasteiger partial charge in [0.1, 0.15) is 6.04 Å². The van der Waals surface area contributed by atoms with E-state index < -0.39 is 0 Å². The Balaban J connectivity index is 1.38. The lowest BCUT2D eigenvalue weighted by molar-refractivity contribution is -0.117. The number of para-hydroxylation sites is 1. The highest BCUT2D eigenvalue weighted by Gasteiger charge is 2.29. The van der Waals surface area contributed by atoms with Crippen LogP contribution in [-0.4, -0.2) is 25.2 Å². The van der Waals surface area contributed by atoms with Crippen LogP contribution in [0.1, 0.15) is 50.1 Å². The smallest absolute Gasteiger partial charge is 0.246 e. The second-order valence-corrected chi connectivity index (χ2v) is 5.95. The summed E-state index contributed by atoms with van der Waals surface area (Å²) in [5, 5.41) is 6.24. The van der Waals surface area contributed by atoms with E-state index >= 15 is 0 Å². The molecule has 1 aromatic carbocycles. The lowest BCUT2D eigenvalue weighted by atomic mass is 9.98. The molecule has 21 heavy (non-hydrogen) atoms. The van der Waals surface area contributed by atoms with Crippen LogP contribution in [0.4, 0.5) is 5.69 Å². The van der Waals surface area contributed by atoms with Crippen LogP contribution in [0, 0.1) is 0 Å². The average molecular weight is 288 g/mol. The Morgan fingerprint density at radius 3 is 2.86 bits per heavy atom. The molecular formula is C17H24N2O2. The van der Waals surface area contributed by atoms with Gasteiger partial charge in [-0.25, -0.2) is 0 Å². The van der Waals surface area contributed by atoms with Crippen LogP contribution in [0.25, 0.3) is 0 Å². The molecule has 2 aliphatic rings. The summed E-state index contributed by atoms with van der Waals surface area (Å²) in [5.74, 6) is 0.0457. The van der Waals surface area contributed by atoms with Gasteiger partial charge in [0.15, 0.2) is 0 Å². The molecule has 3 rings (SSSR count). The Morgan fingerprint density at radius 2 is 2.00 bits per heavy atom. The molecule has 1 amide bonds. The number of carbonyl (C=O) groups is 1. The van der Waals surface area contributed by atoms with Gasteiger partial charge in [0.25, 0.3) is 0 Å². The molecule has 1 saturated carbocycles. The summed E-state index contributed by atoms with van der Waals surface area (Å²) in [6.07, 6.45) is 7.82. The van der Waals surface area contributed by atoms with Crippen LogP contribution >= 0.6 is 0 Å². The molecule has 0 saturated heterocycles. The highest BCUT2D eigenvalue weighted by atomic mass is 16.5. The Kier molecular flexibility index (Phi) is 4.88. The molecule has 2 N–H and O–H groups in total. The molecule has 1 aliphatic carbocycles. The third-order valence-corrected chi connectivity index (χ3v) is 4.37. The molecule has 1 heterocycles. The zero-order valence-electron chi connectivity index (χ0n) is 12.4. The van der Waals surface area contributed by atoms with Gasteiger partial charge in [0.05, 0.1) is 6.10 Å². The molecule has 1 fully saturated rings. The van der Waals surface area contributed by atoms with Crippen LogP contribution in [0.3, 0.4) is 0 Å². The molecule has 0 spiro atoms. The number of fused-ring (bicyclic) bond motifs is 1. The molecule has 0 bridgehead atoms. The predicted octanol–water partition coefficient (Wildman–Crippen LogP) is 3.01. The third-order valence-electron chi connectivity index (χ3n) is 4.37. The van der Waals surface area contributed by atoms with E-state index in [0.29, 0.717) is 6.10 Å². The van der Waals surface area contributed by atoms with Gasteiger partial charge in [-0.05, 0) is 31.9 Å². The monoisotopic (exact) mass is 288 g/mol. The first-order valence-electron chi connectivity index (χ1n) is 8.09. The van der Waals surface area contributed by atoms with Crippen LogP contribution in [0.5, 0.6) is 0 Å². The minimum absolute atomic E-state index is 0.0457. The molecule has 4 heteroatoms. The zero-order chi connectivity index (χ0) is 14.5. The van der Waals surface area contributed by atoms with Crippen molar-refractivity contribution in [2.45, 2.75) is 50.7 Å². The largest absolute Gasteiger partial charge is 0.378 e. The highest BCUT2D eigenvalue weighted by Crippen LogP contribution is 2.30. The van der Waals surface area contributed by atoms with E-state index in [4.69, 9.17) is 4.74 Å². The maximum absolute atomic E-state index is 11.9. The van der Waals surface area contributed by atoms with Crippen molar-refractivity contribution in [1.82, 2.24) is 5.32 Å². The van der Waals surface area contributed by atoms with E-state index in [9.17, 15) is 4.79 Å². The van der Waals surface area contributed by atoms with Crippen LogP contribution in [-0.2, 0) is 9.53 Å². The lowest BCUT2D eigenvalue weighted by Gasteiger charge is -2.22. The molecule has 1 aliphatic heterocycles. The SMILES string of the molecule is O=C1Nc2ccccc2C1NCCCOC1CCCCC1. The van der Waals surface area contributed by atoms with E-state index in [1.807, 2.05) is 24.3 Å². The molecule has 1 aromatic rings. The van der Waals surface area contributed by atoms with Gasteiger partial charge in [-0.3, -0.25) is 4.79 Å². The van der Waals surface area contributed by atoms with Crippen molar-refractivity contribution < 1.29 is 9.53 Å². The Labute approximate surface area is 126 Å². The number of anilines is 1. The van der Waals surface area contributed by atoms with E-state index in [0.717, 1.165) is 30.8 Å². The van der Waals surface area contributed by atoms with Crippen molar-refractivity contribution in [3.63, 3.8) is 0 Å². The number of rotatable bonds is 6. The molecule has 0 radical (unpaired) electrons. The van der Waals surface area contributed by atoms with Gasteiger partial charge in [-0.15, -0.1) is 0 Å². The number of hydrogen-bond acceptors (Lipinski definition) is 3. The fraction of sp³-hybridized carbons (Fsp3) is 0.588. The molecule has 4 nitrogen and oxygen atoms in total. The highest BCUT2D eigenvalue weighted by molar-refractivity contribution is 6.02. The predicted molar refractivity (Wildman–Crippen MR) is 83.3 cm³/mol. The summed E-state index contributed by atoms with van der Waals surface area (Å²) in [5.41, 5.74) is 1.98.